The summed E-state index contributed by atoms with van der Waals surface area (Å²) in [5.74, 6) is 0. The molecule has 0 bridgehead atoms. The normalized spacial score (nSPS) is 17.8. The molecule has 1 aliphatic heterocycles. The van der Waals surface area contributed by atoms with E-state index < -0.39 is 0 Å². The van der Waals surface area contributed by atoms with Crippen LogP contribution in [0, 0.1) is 34.6 Å². The molecule has 1 fully saturated rings. The van der Waals surface area contributed by atoms with Gasteiger partial charge in [-0.2, -0.15) is 0 Å². The van der Waals surface area contributed by atoms with Gasteiger partial charge in [0.1, 0.15) is 0 Å². The first-order valence-electron chi connectivity index (χ1n) is 11.7. The Morgan fingerprint density at radius 3 is 2.24 bits per heavy atom. The summed E-state index contributed by atoms with van der Waals surface area (Å²) in [4.78, 5) is 6.99. The van der Waals surface area contributed by atoms with Gasteiger partial charge in [-0.05, 0) is 105 Å². The van der Waals surface area contributed by atoms with Crippen molar-refractivity contribution in [3.63, 3.8) is 0 Å². The average molecular weight is 467 g/mol. The second-order valence-electron chi connectivity index (χ2n) is 9.29. The molecule has 4 aromatic rings. The molecule has 34 heavy (non-hydrogen) atoms. The minimum atomic E-state index is -0.0552. The number of hydrogen-bond acceptors (Lipinski definition) is 2. The molecule has 2 aromatic carbocycles. The SMILES string of the molecule is Cc1cc(C)cc(N2C(=S)N[C@@H](c3ccccn3)[C@@H]2c2cc(C)n(-c3ccccc3C)c2C)c1. The number of pyridine rings is 1. The van der Waals surface area contributed by atoms with Gasteiger partial charge in [0.25, 0.3) is 0 Å². The third-order valence-corrected chi connectivity index (χ3v) is 7.04. The molecule has 1 aliphatic rings. The molecule has 0 radical (unpaired) electrons. The highest BCUT2D eigenvalue weighted by molar-refractivity contribution is 7.80. The molecular formula is C29H30N4S. The van der Waals surface area contributed by atoms with E-state index in [1.54, 1.807) is 0 Å². The summed E-state index contributed by atoms with van der Waals surface area (Å²) in [7, 11) is 0. The highest BCUT2D eigenvalue weighted by Crippen LogP contribution is 2.44. The van der Waals surface area contributed by atoms with Crippen LogP contribution in [0.5, 0.6) is 0 Å². The van der Waals surface area contributed by atoms with E-state index >= 15 is 0 Å². The number of benzene rings is 2. The fourth-order valence-corrected chi connectivity index (χ4v) is 5.66. The molecule has 0 aliphatic carbocycles. The molecule has 3 heterocycles. The molecule has 5 rings (SSSR count). The molecule has 0 amide bonds. The van der Waals surface area contributed by atoms with E-state index in [0.29, 0.717) is 0 Å². The van der Waals surface area contributed by atoms with Crippen molar-refractivity contribution in [1.82, 2.24) is 14.9 Å². The maximum absolute atomic E-state index is 5.94. The second kappa shape index (κ2) is 8.73. The monoisotopic (exact) mass is 466 g/mol. The zero-order chi connectivity index (χ0) is 24.0. The Labute approximate surface area is 207 Å². The Hall–Kier alpha value is -3.44. The van der Waals surface area contributed by atoms with Gasteiger partial charge in [0.15, 0.2) is 5.11 Å². The molecule has 0 saturated carbocycles. The van der Waals surface area contributed by atoms with Crippen LogP contribution < -0.4 is 10.2 Å². The molecular weight excluding hydrogens is 436 g/mol. The van der Waals surface area contributed by atoms with Crippen LogP contribution >= 0.6 is 12.2 Å². The summed E-state index contributed by atoms with van der Waals surface area (Å²) < 4.78 is 2.36. The van der Waals surface area contributed by atoms with E-state index in [1.807, 2.05) is 18.3 Å². The first kappa shape index (κ1) is 22.4. The Bertz CT molecular complexity index is 1350. The Morgan fingerprint density at radius 1 is 0.853 bits per heavy atom. The maximum atomic E-state index is 5.94. The summed E-state index contributed by atoms with van der Waals surface area (Å²) in [5, 5.41) is 4.33. The lowest BCUT2D eigenvalue weighted by Gasteiger charge is -2.29. The van der Waals surface area contributed by atoms with Gasteiger partial charge in [0, 0.05) is 29.0 Å². The first-order chi connectivity index (χ1) is 16.3. The van der Waals surface area contributed by atoms with Crippen LogP contribution in [0.25, 0.3) is 5.69 Å². The molecule has 2 aromatic heterocycles. The summed E-state index contributed by atoms with van der Waals surface area (Å²) in [6.07, 6.45) is 1.85. The standard InChI is InChI=1S/C29H30N4S/c1-18-14-19(2)16-23(15-18)33-28(27(31-29(33)34)25-11-8-9-13-30-25)24-17-21(4)32(22(24)5)26-12-7-6-10-20(26)3/h6-17,27-28H,1-5H3,(H,31,34)/t27-,28-/m0/s1. The molecule has 2 atom stereocenters. The summed E-state index contributed by atoms with van der Waals surface area (Å²) in [6, 6.07) is 23.5. The summed E-state index contributed by atoms with van der Waals surface area (Å²) in [5.41, 5.74) is 10.7. The number of nitrogens with one attached hydrogen (secondary N) is 1. The number of aryl methyl sites for hydroxylation is 4. The number of rotatable bonds is 4. The minimum absolute atomic E-state index is 0.0208. The van der Waals surface area contributed by atoms with Crippen LogP contribution in [0.4, 0.5) is 5.69 Å². The quantitative estimate of drug-likeness (QED) is 0.344. The highest BCUT2D eigenvalue weighted by atomic mass is 32.1. The van der Waals surface area contributed by atoms with Crippen LogP contribution in [0.1, 0.15) is 51.4 Å². The topological polar surface area (TPSA) is 33.1 Å². The predicted octanol–water partition coefficient (Wildman–Crippen LogP) is 6.59. The molecule has 4 nitrogen and oxygen atoms in total. The van der Waals surface area contributed by atoms with E-state index in [1.165, 1.54) is 39.3 Å². The van der Waals surface area contributed by atoms with E-state index in [4.69, 9.17) is 17.2 Å². The third-order valence-electron chi connectivity index (χ3n) is 6.73. The zero-order valence-corrected chi connectivity index (χ0v) is 21.1. The van der Waals surface area contributed by atoms with Gasteiger partial charge in [-0.15, -0.1) is 0 Å². The smallest absolute Gasteiger partial charge is 0.174 e. The van der Waals surface area contributed by atoms with E-state index in [-0.39, 0.29) is 12.1 Å². The molecule has 5 heteroatoms. The summed E-state index contributed by atoms with van der Waals surface area (Å²) >= 11 is 5.94. The second-order valence-corrected chi connectivity index (χ2v) is 9.68. The number of anilines is 1. The number of nitrogens with zero attached hydrogens (tertiary/aromatic N) is 3. The maximum Gasteiger partial charge on any atom is 0.174 e. The lowest BCUT2D eigenvalue weighted by Crippen LogP contribution is -2.29. The summed E-state index contributed by atoms with van der Waals surface area (Å²) in [6.45, 7) is 10.8. The Morgan fingerprint density at radius 2 is 1.56 bits per heavy atom. The van der Waals surface area contributed by atoms with Crippen molar-refractivity contribution in [3.05, 3.63) is 112 Å². The lowest BCUT2D eigenvalue weighted by atomic mass is 9.96. The van der Waals surface area contributed by atoms with Crippen molar-refractivity contribution in [2.75, 3.05) is 4.90 Å². The van der Waals surface area contributed by atoms with E-state index in [9.17, 15) is 0 Å². The highest BCUT2D eigenvalue weighted by Gasteiger charge is 2.42. The zero-order valence-electron chi connectivity index (χ0n) is 20.3. The van der Waals surface area contributed by atoms with Gasteiger partial charge >= 0.3 is 0 Å². The van der Waals surface area contributed by atoms with Crippen molar-refractivity contribution in [3.8, 4) is 5.69 Å². The van der Waals surface area contributed by atoms with Gasteiger partial charge in [-0.25, -0.2) is 0 Å². The van der Waals surface area contributed by atoms with Crippen LogP contribution in [0.2, 0.25) is 0 Å². The Balaban J connectivity index is 1.71. The fourth-order valence-electron chi connectivity index (χ4n) is 5.31. The average Bonchev–Trinajstić information content (AvgIpc) is 3.29. The van der Waals surface area contributed by atoms with Crippen molar-refractivity contribution < 1.29 is 0 Å². The van der Waals surface area contributed by atoms with E-state index in [2.05, 4.69) is 104 Å². The molecule has 0 spiro atoms. The predicted molar refractivity (Wildman–Crippen MR) is 144 cm³/mol. The van der Waals surface area contributed by atoms with Gasteiger partial charge in [0.05, 0.1) is 17.8 Å². The van der Waals surface area contributed by atoms with Crippen molar-refractivity contribution in [2.45, 2.75) is 46.7 Å². The number of aromatic nitrogens is 2. The first-order valence-corrected chi connectivity index (χ1v) is 12.1. The van der Waals surface area contributed by atoms with Gasteiger partial charge in [0.2, 0.25) is 0 Å². The van der Waals surface area contributed by atoms with Crippen molar-refractivity contribution in [1.29, 1.82) is 0 Å². The van der Waals surface area contributed by atoms with Crippen LogP contribution in [0.15, 0.2) is 72.9 Å². The number of thiocarbonyl (C=S) groups is 1. The fraction of sp³-hybridized carbons (Fsp3) is 0.241. The minimum Gasteiger partial charge on any atom is -0.351 e. The van der Waals surface area contributed by atoms with Crippen LogP contribution in [0.3, 0.4) is 0 Å². The third kappa shape index (κ3) is 3.80. The lowest BCUT2D eigenvalue weighted by molar-refractivity contribution is 0.565. The largest absolute Gasteiger partial charge is 0.351 e. The van der Waals surface area contributed by atoms with Gasteiger partial charge in [-0.1, -0.05) is 30.3 Å². The molecule has 172 valence electrons. The molecule has 1 saturated heterocycles. The molecule has 1 N–H and O–H groups in total. The van der Waals surface area contributed by atoms with Crippen LogP contribution in [-0.4, -0.2) is 14.7 Å². The Kier molecular flexibility index (Phi) is 5.74. The van der Waals surface area contributed by atoms with Crippen molar-refractivity contribution >= 4 is 23.0 Å². The van der Waals surface area contributed by atoms with Gasteiger partial charge < -0.3 is 14.8 Å². The van der Waals surface area contributed by atoms with Crippen molar-refractivity contribution in [2.24, 2.45) is 0 Å². The van der Waals surface area contributed by atoms with E-state index in [0.717, 1.165) is 16.5 Å². The van der Waals surface area contributed by atoms with Gasteiger partial charge in [-0.3, -0.25) is 4.98 Å². The number of para-hydroxylation sites is 1. The van der Waals surface area contributed by atoms with Crippen LogP contribution in [-0.2, 0) is 0 Å². The molecule has 0 unspecified atom stereocenters. The number of hydrogen-bond donors (Lipinski definition) is 1.